The molecule has 0 saturated carbocycles. The van der Waals surface area contributed by atoms with E-state index in [1.54, 1.807) is 24.3 Å². The van der Waals surface area contributed by atoms with Gasteiger partial charge in [-0.1, -0.05) is 42.1 Å². The lowest BCUT2D eigenvalue weighted by Crippen LogP contribution is -2.23. The molecule has 118 valence electrons. The Hall–Kier alpha value is -2.91. The van der Waals surface area contributed by atoms with Crippen molar-refractivity contribution in [3.63, 3.8) is 0 Å². The Labute approximate surface area is 143 Å². The number of thioether (sulfide) groups is 1. The quantitative estimate of drug-likeness (QED) is 0.582. The molecule has 0 fully saturated rings. The smallest absolute Gasteiger partial charge is 0.237 e. The fourth-order valence-electron chi connectivity index (χ4n) is 2.22. The molecule has 24 heavy (non-hydrogen) atoms. The minimum atomic E-state index is -0.366. The van der Waals surface area contributed by atoms with Gasteiger partial charge in [-0.25, -0.2) is 9.97 Å². The highest BCUT2D eigenvalue weighted by Gasteiger charge is 2.18. The molecule has 1 N–H and O–H groups in total. The summed E-state index contributed by atoms with van der Waals surface area (Å²) in [6, 6.07) is 16.7. The highest BCUT2D eigenvalue weighted by Crippen LogP contribution is 2.28. The van der Waals surface area contributed by atoms with E-state index in [9.17, 15) is 4.79 Å². The third kappa shape index (κ3) is 3.36. The van der Waals surface area contributed by atoms with E-state index in [0.717, 1.165) is 15.9 Å². The number of nitrogens with zero attached hydrogens (tertiary/aromatic N) is 3. The van der Waals surface area contributed by atoms with Crippen molar-refractivity contribution in [3.05, 3.63) is 60.4 Å². The lowest BCUT2D eigenvalue weighted by Gasteiger charge is -2.13. The summed E-state index contributed by atoms with van der Waals surface area (Å²) in [7, 11) is 0. The number of aromatic nitrogens is 2. The minimum Gasteiger partial charge on any atom is -0.324 e. The van der Waals surface area contributed by atoms with Crippen LogP contribution in [0.2, 0.25) is 0 Å². The normalized spacial score (nSPS) is 11.7. The zero-order valence-electron chi connectivity index (χ0n) is 12.9. The second kappa shape index (κ2) is 7.11. The van der Waals surface area contributed by atoms with Crippen molar-refractivity contribution in [3.8, 4) is 6.07 Å². The molecule has 0 radical (unpaired) electrons. The van der Waals surface area contributed by atoms with Crippen LogP contribution in [0, 0.1) is 11.3 Å². The molecule has 0 unspecified atom stereocenters. The van der Waals surface area contributed by atoms with Crippen molar-refractivity contribution in [1.82, 2.24) is 9.97 Å². The van der Waals surface area contributed by atoms with E-state index < -0.39 is 0 Å². The molecule has 6 heteroatoms. The zero-order valence-corrected chi connectivity index (χ0v) is 13.7. The Balaban J connectivity index is 1.78. The predicted octanol–water partition coefficient (Wildman–Crippen LogP) is 3.62. The van der Waals surface area contributed by atoms with Crippen LogP contribution in [0.3, 0.4) is 0 Å². The van der Waals surface area contributed by atoms with Crippen LogP contribution < -0.4 is 5.32 Å². The average Bonchev–Trinajstić information content (AvgIpc) is 2.62. The van der Waals surface area contributed by atoms with Gasteiger partial charge in [-0.15, -0.1) is 0 Å². The number of para-hydroxylation sites is 2. The Bertz CT molecular complexity index is 930. The second-order valence-electron chi connectivity index (χ2n) is 5.10. The van der Waals surface area contributed by atoms with Gasteiger partial charge in [-0.2, -0.15) is 5.26 Å². The van der Waals surface area contributed by atoms with E-state index in [1.165, 1.54) is 18.1 Å². The second-order valence-corrected chi connectivity index (χ2v) is 6.43. The number of hydrogen-bond acceptors (Lipinski definition) is 5. The van der Waals surface area contributed by atoms with E-state index in [-0.39, 0.29) is 11.2 Å². The molecule has 0 aliphatic rings. The first kappa shape index (κ1) is 16.0. The topological polar surface area (TPSA) is 78.7 Å². The van der Waals surface area contributed by atoms with Crippen LogP contribution in [0.1, 0.15) is 12.5 Å². The van der Waals surface area contributed by atoms with Gasteiger partial charge in [-0.3, -0.25) is 4.79 Å². The molecule has 1 aromatic heterocycles. The van der Waals surface area contributed by atoms with Gasteiger partial charge in [0.15, 0.2) is 0 Å². The summed E-state index contributed by atoms with van der Waals surface area (Å²) in [6.45, 7) is 1.81. The molecule has 1 amide bonds. The molecular weight excluding hydrogens is 320 g/mol. The highest BCUT2D eigenvalue weighted by atomic mass is 32.2. The largest absolute Gasteiger partial charge is 0.324 e. The van der Waals surface area contributed by atoms with Gasteiger partial charge in [0, 0.05) is 5.39 Å². The third-order valence-corrected chi connectivity index (χ3v) is 4.59. The number of benzene rings is 2. The van der Waals surface area contributed by atoms with Crippen LogP contribution in [0.5, 0.6) is 0 Å². The van der Waals surface area contributed by atoms with Gasteiger partial charge in [0.25, 0.3) is 0 Å². The lowest BCUT2D eigenvalue weighted by atomic mass is 10.2. The number of fused-ring (bicyclic) bond motifs is 1. The summed E-state index contributed by atoms with van der Waals surface area (Å²) < 4.78 is 0. The molecule has 0 aliphatic heterocycles. The van der Waals surface area contributed by atoms with Gasteiger partial charge in [-0.05, 0) is 25.1 Å². The fraction of sp³-hybridized carbons (Fsp3) is 0.111. The van der Waals surface area contributed by atoms with Crippen molar-refractivity contribution in [2.24, 2.45) is 0 Å². The van der Waals surface area contributed by atoms with E-state index in [4.69, 9.17) is 5.26 Å². The third-order valence-electron chi connectivity index (χ3n) is 3.47. The number of amides is 1. The number of nitriles is 1. The number of carbonyl (C=O) groups excluding carboxylic acids is 1. The number of anilines is 1. The molecule has 1 atom stereocenters. The molecule has 0 spiro atoms. The summed E-state index contributed by atoms with van der Waals surface area (Å²) in [5.74, 6) is -0.176. The predicted molar refractivity (Wildman–Crippen MR) is 94.6 cm³/mol. The molecule has 2 aromatic carbocycles. The maximum atomic E-state index is 12.4. The summed E-state index contributed by atoms with van der Waals surface area (Å²) in [5.41, 5.74) is 1.80. The van der Waals surface area contributed by atoms with Gasteiger partial charge < -0.3 is 5.32 Å². The Morgan fingerprint density at radius 2 is 1.92 bits per heavy atom. The van der Waals surface area contributed by atoms with Crippen LogP contribution in [0.25, 0.3) is 10.9 Å². The van der Waals surface area contributed by atoms with Crippen LogP contribution in [-0.4, -0.2) is 21.1 Å². The van der Waals surface area contributed by atoms with Crippen molar-refractivity contribution in [2.75, 3.05) is 5.32 Å². The first-order valence-electron chi connectivity index (χ1n) is 7.35. The van der Waals surface area contributed by atoms with Gasteiger partial charge >= 0.3 is 0 Å². The number of rotatable bonds is 4. The minimum absolute atomic E-state index is 0.176. The Kier molecular flexibility index (Phi) is 4.73. The van der Waals surface area contributed by atoms with Gasteiger partial charge in [0.2, 0.25) is 5.91 Å². The molecule has 0 bridgehead atoms. The monoisotopic (exact) mass is 334 g/mol. The van der Waals surface area contributed by atoms with Crippen LogP contribution >= 0.6 is 11.8 Å². The summed E-state index contributed by atoms with van der Waals surface area (Å²) in [5, 5.41) is 13.2. The van der Waals surface area contributed by atoms with Crippen molar-refractivity contribution in [2.45, 2.75) is 17.2 Å². The summed E-state index contributed by atoms with van der Waals surface area (Å²) >= 11 is 1.37. The highest BCUT2D eigenvalue weighted by molar-refractivity contribution is 8.00. The van der Waals surface area contributed by atoms with Crippen molar-refractivity contribution >= 4 is 34.3 Å². The van der Waals surface area contributed by atoms with Crippen LogP contribution in [0.4, 0.5) is 5.69 Å². The molecule has 0 saturated heterocycles. The van der Waals surface area contributed by atoms with Crippen LogP contribution in [0.15, 0.2) is 59.9 Å². The molecule has 3 aromatic rings. The number of nitrogens with one attached hydrogen (secondary N) is 1. The molecular formula is C18H14N4OS. The number of carbonyl (C=O) groups is 1. The summed E-state index contributed by atoms with van der Waals surface area (Å²) in [6.07, 6.45) is 1.50. The first-order chi connectivity index (χ1) is 11.7. The standard InChI is InChI=1S/C18H14N4OS/c1-12(17(23)22-15-8-4-2-6-13(15)10-19)24-18-14-7-3-5-9-16(14)20-11-21-18/h2-9,11-12H,1H3,(H,22,23)/t12-/m1/s1. The molecule has 0 aliphatic carbocycles. The van der Waals surface area contributed by atoms with Gasteiger partial charge in [0.05, 0.1) is 22.0 Å². The Morgan fingerprint density at radius 3 is 2.75 bits per heavy atom. The zero-order chi connectivity index (χ0) is 16.9. The maximum absolute atomic E-state index is 12.4. The van der Waals surface area contributed by atoms with E-state index >= 15 is 0 Å². The number of hydrogen-bond donors (Lipinski definition) is 1. The van der Waals surface area contributed by atoms with Crippen molar-refractivity contribution < 1.29 is 4.79 Å². The maximum Gasteiger partial charge on any atom is 0.237 e. The first-order valence-corrected chi connectivity index (χ1v) is 8.23. The van der Waals surface area contributed by atoms with Crippen LogP contribution in [-0.2, 0) is 4.79 Å². The molecule has 1 heterocycles. The van der Waals surface area contributed by atoms with E-state index in [2.05, 4.69) is 21.4 Å². The van der Waals surface area contributed by atoms with E-state index in [0.29, 0.717) is 11.3 Å². The fourth-order valence-corrected chi connectivity index (χ4v) is 3.13. The lowest BCUT2D eigenvalue weighted by molar-refractivity contribution is -0.115. The van der Waals surface area contributed by atoms with E-state index in [1.807, 2.05) is 31.2 Å². The summed E-state index contributed by atoms with van der Waals surface area (Å²) in [4.78, 5) is 20.9. The van der Waals surface area contributed by atoms with Gasteiger partial charge in [0.1, 0.15) is 17.4 Å². The average molecular weight is 334 g/mol. The SMILES string of the molecule is C[C@@H](Sc1ncnc2ccccc12)C(=O)Nc1ccccc1C#N. The molecule has 3 rings (SSSR count). The Morgan fingerprint density at radius 1 is 1.17 bits per heavy atom. The van der Waals surface area contributed by atoms with Crippen molar-refractivity contribution in [1.29, 1.82) is 5.26 Å². The molecule has 5 nitrogen and oxygen atoms in total.